The van der Waals surface area contributed by atoms with E-state index in [0.29, 0.717) is 0 Å². The maximum absolute atomic E-state index is 6.33. The van der Waals surface area contributed by atoms with Gasteiger partial charge in [0.05, 0.1) is 0 Å². The summed E-state index contributed by atoms with van der Waals surface area (Å²) in [6.45, 7) is 8.44. The molecule has 1 atom stereocenters. The normalized spacial score (nSPS) is 12.8. The Morgan fingerprint density at radius 3 is 1.90 bits per heavy atom. The standard InChI is InChI=1S/C18H33NO/c1-5-6-7-8-9-10-11-12-13-17(19)18-14(2)15(3)20-16(18)4/h17H,5-13,19H2,1-4H3. The van der Waals surface area contributed by atoms with E-state index in [1.807, 2.05) is 13.8 Å². The van der Waals surface area contributed by atoms with E-state index in [-0.39, 0.29) is 6.04 Å². The molecule has 0 fully saturated rings. The van der Waals surface area contributed by atoms with Crippen molar-refractivity contribution in [2.24, 2.45) is 5.73 Å². The Hall–Kier alpha value is -0.760. The zero-order valence-electron chi connectivity index (χ0n) is 13.9. The quantitative estimate of drug-likeness (QED) is 0.555. The van der Waals surface area contributed by atoms with Gasteiger partial charge in [0.2, 0.25) is 0 Å². The first kappa shape index (κ1) is 17.3. The third kappa shape index (κ3) is 5.32. The van der Waals surface area contributed by atoms with Crippen LogP contribution in [0.4, 0.5) is 0 Å². The Labute approximate surface area is 125 Å². The molecule has 2 N–H and O–H groups in total. The maximum Gasteiger partial charge on any atom is 0.106 e. The molecular formula is C18H33NO. The highest BCUT2D eigenvalue weighted by Crippen LogP contribution is 2.28. The molecule has 0 saturated heterocycles. The van der Waals surface area contributed by atoms with Crippen LogP contribution in [0.3, 0.4) is 0 Å². The second kappa shape index (κ2) is 9.23. The lowest BCUT2D eigenvalue weighted by Crippen LogP contribution is -2.11. The molecule has 0 amide bonds. The summed E-state index contributed by atoms with van der Waals surface area (Å²) >= 11 is 0. The topological polar surface area (TPSA) is 39.2 Å². The molecule has 2 nitrogen and oxygen atoms in total. The molecule has 1 aromatic heterocycles. The molecule has 0 aromatic carbocycles. The Morgan fingerprint density at radius 1 is 0.850 bits per heavy atom. The van der Waals surface area contributed by atoms with Crippen molar-refractivity contribution in [3.63, 3.8) is 0 Å². The minimum absolute atomic E-state index is 0.146. The first-order valence-electron chi connectivity index (χ1n) is 8.40. The van der Waals surface area contributed by atoms with E-state index in [1.54, 1.807) is 0 Å². The van der Waals surface area contributed by atoms with Gasteiger partial charge < -0.3 is 10.2 Å². The van der Waals surface area contributed by atoms with Gasteiger partial charge in [-0.3, -0.25) is 0 Å². The Bertz CT molecular complexity index is 381. The van der Waals surface area contributed by atoms with Crippen LogP contribution in [-0.2, 0) is 0 Å². The van der Waals surface area contributed by atoms with Crippen molar-refractivity contribution in [1.29, 1.82) is 0 Å². The SMILES string of the molecule is CCCCCCCCCCC(N)c1c(C)oc(C)c1C. The van der Waals surface area contributed by atoms with Crippen molar-refractivity contribution in [2.75, 3.05) is 0 Å². The molecule has 1 unspecified atom stereocenters. The number of aryl methyl sites for hydroxylation is 2. The highest BCUT2D eigenvalue weighted by atomic mass is 16.3. The van der Waals surface area contributed by atoms with Crippen LogP contribution in [0, 0.1) is 20.8 Å². The van der Waals surface area contributed by atoms with Crippen molar-refractivity contribution >= 4 is 0 Å². The van der Waals surface area contributed by atoms with Gasteiger partial charge in [0.15, 0.2) is 0 Å². The fourth-order valence-electron chi connectivity index (χ4n) is 3.00. The number of hydrogen-bond acceptors (Lipinski definition) is 2. The number of hydrogen-bond donors (Lipinski definition) is 1. The summed E-state index contributed by atoms with van der Waals surface area (Å²) in [6, 6.07) is 0.146. The molecule has 0 aliphatic heterocycles. The molecule has 0 spiro atoms. The highest BCUT2D eigenvalue weighted by Gasteiger charge is 2.17. The fraction of sp³-hybridized carbons (Fsp3) is 0.778. The second-order valence-corrected chi connectivity index (χ2v) is 6.12. The summed E-state index contributed by atoms with van der Waals surface area (Å²) in [6.07, 6.45) is 11.9. The first-order valence-corrected chi connectivity index (χ1v) is 8.40. The van der Waals surface area contributed by atoms with Crippen LogP contribution >= 0.6 is 0 Å². The molecule has 0 radical (unpaired) electrons. The summed E-state index contributed by atoms with van der Waals surface area (Å²) in [4.78, 5) is 0. The smallest absolute Gasteiger partial charge is 0.106 e. The van der Waals surface area contributed by atoms with E-state index in [0.717, 1.165) is 17.9 Å². The molecule has 2 heteroatoms. The number of nitrogens with two attached hydrogens (primary N) is 1. The van der Waals surface area contributed by atoms with Gasteiger partial charge >= 0.3 is 0 Å². The van der Waals surface area contributed by atoms with Gasteiger partial charge in [0.25, 0.3) is 0 Å². The van der Waals surface area contributed by atoms with Crippen molar-refractivity contribution in [3.8, 4) is 0 Å². The van der Waals surface area contributed by atoms with Crippen LogP contribution in [0.2, 0.25) is 0 Å². The Kier molecular flexibility index (Phi) is 7.98. The average Bonchev–Trinajstić information content (AvgIpc) is 2.66. The van der Waals surface area contributed by atoms with Gasteiger partial charge in [-0.15, -0.1) is 0 Å². The lowest BCUT2D eigenvalue weighted by atomic mass is 9.97. The van der Waals surface area contributed by atoms with Crippen molar-refractivity contribution in [1.82, 2.24) is 0 Å². The van der Waals surface area contributed by atoms with Crippen LogP contribution < -0.4 is 5.73 Å². The Balaban J connectivity index is 2.19. The molecule has 20 heavy (non-hydrogen) atoms. The summed E-state index contributed by atoms with van der Waals surface area (Å²) in [7, 11) is 0. The van der Waals surface area contributed by atoms with Crippen molar-refractivity contribution in [2.45, 2.75) is 91.5 Å². The summed E-state index contributed by atoms with van der Waals surface area (Å²) in [5, 5.41) is 0. The van der Waals surface area contributed by atoms with E-state index >= 15 is 0 Å². The van der Waals surface area contributed by atoms with Gasteiger partial charge in [0.1, 0.15) is 11.5 Å². The average molecular weight is 279 g/mol. The van der Waals surface area contributed by atoms with E-state index in [2.05, 4.69) is 13.8 Å². The highest BCUT2D eigenvalue weighted by molar-refractivity contribution is 5.33. The lowest BCUT2D eigenvalue weighted by molar-refractivity contribution is 0.489. The van der Waals surface area contributed by atoms with Crippen molar-refractivity contribution in [3.05, 3.63) is 22.6 Å². The minimum Gasteiger partial charge on any atom is -0.466 e. The number of unbranched alkanes of at least 4 members (excludes halogenated alkanes) is 7. The largest absolute Gasteiger partial charge is 0.466 e. The van der Waals surface area contributed by atoms with E-state index in [4.69, 9.17) is 10.2 Å². The molecule has 0 aliphatic rings. The van der Waals surface area contributed by atoms with Gasteiger partial charge in [-0.1, -0.05) is 58.3 Å². The molecule has 116 valence electrons. The predicted molar refractivity (Wildman–Crippen MR) is 87.1 cm³/mol. The van der Waals surface area contributed by atoms with Gasteiger partial charge in [0, 0.05) is 11.6 Å². The summed E-state index contributed by atoms with van der Waals surface area (Å²) < 4.78 is 5.67. The second-order valence-electron chi connectivity index (χ2n) is 6.12. The molecular weight excluding hydrogens is 246 g/mol. The molecule has 0 aliphatic carbocycles. The predicted octanol–water partition coefficient (Wildman–Crippen LogP) is 5.74. The van der Waals surface area contributed by atoms with Crippen LogP contribution in [-0.4, -0.2) is 0 Å². The Morgan fingerprint density at radius 2 is 1.40 bits per heavy atom. The van der Waals surface area contributed by atoms with Crippen LogP contribution in [0.25, 0.3) is 0 Å². The zero-order valence-corrected chi connectivity index (χ0v) is 13.9. The number of rotatable bonds is 10. The van der Waals surface area contributed by atoms with E-state index in [1.165, 1.54) is 62.5 Å². The zero-order chi connectivity index (χ0) is 15.0. The molecule has 1 rings (SSSR count). The van der Waals surface area contributed by atoms with E-state index in [9.17, 15) is 0 Å². The maximum atomic E-state index is 6.33. The fourth-order valence-corrected chi connectivity index (χ4v) is 3.00. The van der Waals surface area contributed by atoms with Gasteiger partial charge in [-0.2, -0.15) is 0 Å². The van der Waals surface area contributed by atoms with Crippen LogP contribution in [0.5, 0.6) is 0 Å². The third-order valence-electron chi connectivity index (χ3n) is 4.36. The van der Waals surface area contributed by atoms with Gasteiger partial charge in [-0.05, 0) is 32.8 Å². The lowest BCUT2D eigenvalue weighted by Gasteiger charge is -2.12. The molecule has 1 aromatic rings. The molecule has 1 heterocycles. The van der Waals surface area contributed by atoms with Gasteiger partial charge in [-0.25, -0.2) is 0 Å². The van der Waals surface area contributed by atoms with Crippen LogP contribution in [0.1, 0.15) is 93.4 Å². The number of furan rings is 1. The third-order valence-corrected chi connectivity index (χ3v) is 4.36. The van der Waals surface area contributed by atoms with Crippen molar-refractivity contribution < 1.29 is 4.42 Å². The summed E-state index contributed by atoms with van der Waals surface area (Å²) in [5.74, 6) is 2.02. The van der Waals surface area contributed by atoms with E-state index < -0.39 is 0 Å². The first-order chi connectivity index (χ1) is 9.57. The van der Waals surface area contributed by atoms with Crippen LogP contribution in [0.15, 0.2) is 4.42 Å². The molecule has 0 saturated carbocycles. The minimum atomic E-state index is 0.146. The summed E-state index contributed by atoms with van der Waals surface area (Å²) in [5.41, 5.74) is 8.82. The molecule has 0 bridgehead atoms. The monoisotopic (exact) mass is 279 g/mol.